The Morgan fingerprint density at radius 3 is 2.48 bits per heavy atom. The fraction of sp³-hybridized carbons (Fsp3) is 0.636. The van der Waals surface area contributed by atoms with Crippen LogP contribution in [0.15, 0.2) is 18.2 Å². The zero-order valence-corrected chi connectivity index (χ0v) is 19.4. The Bertz CT molecular complexity index is 892. The largest absolute Gasteiger partial charge is 0.453 e. The first-order valence-corrected chi connectivity index (χ1v) is 11.6. The van der Waals surface area contributed by atoms with E-state index in [1.54, 1.807) is 0 Å². The quantitative estimate of drug-likeness (QED) is 0.362. The standard InChI is InChI=1S/C22H24BrClF3NO3/c1-12(19(30)28-17-5-15(22(25,26)27)2-3-16(17)24)31-18(29)10-20-6-13-4-14(7-20)9-21(23,8-13)11-20/h2-3,5,12-14H,4,6-11H2,1H3,(H,28,30)/t12-,13-,14+,20?,21?/m1/s1. The van der Waals surface area contributed by atoms with Crippen molar-refractivity contribution in [3.05, 3.63) is 28.8 Å². The van der Waals surface area contributed by atoms with Gasteiger partial charge in [0, 0.05) is 4.32 Å². The Morgan fingerprint density at radius 1 is 1.26 bits per heavy atom. The van der Waals surface area contributed by atoms with Gasteiger partial charge in [-0.15, -0.1) is 0 Å². The maximum atomic E-state index is 12.9. The third-order valence-corrected chi connectivity index (χ3v) is 8.12. The van der Waals surface area contributed by atoms with E-state index in [1.807, 2.05) is 0 Å². The molecule has 4 nitrogen and oxygen atoms in total. The third-order valence-electron chi connectivity index (χ3n) is 6.86. The van der Waals surface area contributed by atoms with Gasteiger partial charge in [-0.2, -0.15) is 13.2 Å². The molecule has 5 rings (SSSR count). The maximum absolute atomic E-state index is 12.9. The SMILES string of the molecule is C[C@@H](OC(=O)CC12C[C@@H]3C[C@@H](CC(Br)(C3)C1)C2)C(=O)Nc1cc(C(F)(F)F)ccc1Cl. The summed E-state index contributed by atoms with van der Waals surface area (Å²) in [6, 6.07) is 2.67. The van der Waals surface area contributed by atoms with Crippen molar-refractivity contribution in [2.24, 2.45) is 17.3 Å². The average Bonchev–Trinajstić information content (AvgIpc) is 2.59. The lowest BCUT2D eigenvalue weighted by atomic mass is 9.49. The molecule has 0 saturated heterocycles. The topological polar surface area (TPSA) is 55.4 Å². The molecule has 0 radical (unpaired) electrons. The Hall–Kier alpha value is -1.28. The number of anilines is 1. The number of carbonyl (C=O) groups excluding carboxylic acids is 2. The molecule has 4 bridgehead atoms. The van der Waals surface area contributed by atoms with E-state index in [0.29, 0.717) is 11.8 Å². The highest BCUT2D eigenvalue weighted by Gasteiger charge is 2.57. The molecule has 170 valence electrons. The third kappa shape index (κ3) is 4.90. The van der Waals surface area contributed by atoms with Gasteiger partial charge in [0.2, 0.25) is 0 Å². The fourth-order valence-electron chi connectivity index (χ4n) is 6.17. The van der Waals surface area contributed by atoms with E-state index in [9.17, 15) is 22.8 Å². The van der Waals surface area contributed by atoms with Crippen molar-refractivity contribution in [1.82, 2.24) is 0 Å². The number of hydrogen-bond donors (Lipinski definition) is 1. The van der Waals surface area contributed by atoms with Crippen LogP contribution in [0.4, 0.5) is 18.9 Å². The zero-order chi connectivity index (χ0) is 22.6. The molecule has 1 aromatic carbocycles. The molecule has 2 unspecified atom stereocenters. The lowest BCUT2D eigenvalue weighted by Gasteiger charge is -2.60. The Balaban J connectivity index is 1.37. The average molecular weight is 523 g/mol. The van der Waals surface area contributed by atoms with E-state index < -0.39 is 29.7 Å². The Morgan fingerprint density at radius 2 is 1.90 bits per heavy atom. The minimum absolute atomic E-state index is 0.0314. The smallest absolute Gasteiger partial charge is 0.416 e. The van der Waals surface area contributed by atoms with Crippen molar-refractivity contribution in [3.8, 4) is 0 Å². The highest BCUT2D eigenvalue weighted by molar-refractivity contribution is 9.10. The van der Waals surface area contributed by atoms with Crippen LogP contribution in [-0.4, -0.2) is 22.3 Å². The van der Waals surface area contributed by atoms with E-state index in [1.165, 1.54) is 13.3 Å². The number of hydrogen-bond acceptors (Lipinski definition) is 3. The molecule has 4 saturated carbocycles. The molecule has 9 heteroatoms. The van der Waals surface area contributed by atoms with Crippen molar-refractivity contribution in [3.63, 3.8) is 0 Å². The van der Waals surface area contributed by atoms with Crippen LogP contribution in [-0.2, 0) is 20.5 Å². The summed E-state index contributed by atoms with van der Waals surface area (Å²) in [6.45, 7) is 1.40. The van der Waals surface area contributed by atoms with E-state index in [-0.39, 0.29) is 26.9 Å². The van der Waals surface area contributed by atoms with Gasteiger partial charge in [0.25, 0.3) is 5.91 Å². The minimum atomic E-state index is -4.56. The molecule has 1 aromatic rings. The molecule has 5 atom stereocenters. The summed E-state index contributed by atoms with van der Waals surface area (Å²) >= 11 is 9.83. The maximum Gasteiger partial charge on any atom is 0.416 e. The second kappa shape index (κ2) is 7.94. The lowest BCUT2D eigenvalue weighted by Crippen LogP contribution is -2.53. The number of benzene rings is 1. The van der Waals surface area contributed by atoms with E-state index in [2.05, 4.69) is 21.2 Å². The molecule has 1 N–H and O–H groups in total. The zero-order valence-electron chi connectivity index (χ0n) is 17.0. The number of amides is 1. The van der Waals surface area contributed by atoms with Crippen LogP contribution in [0, 0.1) is 17.3 Å². The van der Waals surface area contributed by atoms with E-state index >= 15 is 0 Å². The first kappa shape index (κ1) is 22.9. The van der Waals surface area contributed by atoms with Crippen molar-refractivity contribution in [2.75, 3.05) is 5.32 Å². The summed E-state index contributed by atoms with van der Waals surface area (Å²) in [5.41, 5.74) is -1.19. The Labute approximate surface area is 192 Å². The van der Waals surface area contributed by atoms with E-state index in [4.69, 9.17) is 16.3 Å². The molecular formula is C22H24BrClF3NO3. The molecule has 4 fully saturated rings. The molecule has 0 aliphatic heterocycles. The molecule has 4 aliphatic carbocycles. The second-order valence-corrected chi connectivity index (χ2v) is 11.7. The number of esters is 1. The van der Waals surface area contributed by atoms with Crippen molar-refractivity contribution in [2.45, 2.75) is 68.5 Å². The summed E-state index contributed by atoms with van der Waals surface area (Å²) in [6.07, 6.45) is 1.02. The summed E-state index contributed by atoms with van der Waals surface area (Å²) in [5, 5.41) is 2.31. The van der Waals surface area contributed by atoms with Gasteiger partial charge in [-0.3, -0.25) is 9.59 Å². The van der Waals surface area contributed by atoms with Gasteiger partial charge < -0.3 is 10.1 Å². The first-order valence-electron chi connectivity index (χ1n) is 10.4. The molecular weight excluding hydrogens is 499 g/mol. The van der Waals surface area contributed by atoms with Crippen molar-refractivity contribution < 1.29 is 27.5 Å². The second-order valence-electron chi connectivity index (χ2n) is 9.60. The van der Waals surface area contributed by atoms with Crippen LogP contribution in [0.2, 0.25) is 5.02 Å². The van der Waals surface area contributed by atoms with E-state index in [0.717, 1.165) is 50.3 Å². The highest BCUT2D eigenvalue weighted by Crippen LogP contribution is 2.65. The monoisotopic (exact) mass is 521 g/mol. The minimum Gasteiger partial charge on any atom is -0.453 e. The molecule has 1 amide bonds. The van der Waals surface area contributed by atoms with Gasteiger partial charge in [0.05, 0.1) is 22.7 Å². The van der Waals surface area contributed by atoms with Gasteiger partial charge in [-0.1, -0.05) is 27.5 Å². The number of halogens is 5. The number of alkyl halides is 4. The summed E-state index contributed by atoms with van der Waals surface area (Å²) in [7, 11) is 0. The fourth-order valence-corrected chi connectivity index (χ4v) is 7.85. The normalized spacial score (nSPS) is 32.6. The molecule has 4 aliphatic rings. The number of nitrogens with one attached hydrogen (secondary N) is 1. The summed E-state index contributed by atoms with van der Waals surface area (Å²) in [5.74, 6) is 0.0716. The molecule has 0 spiro atoms. The van der Waals surface area contributed by atoms with Gasteiger partial charge in [-0.05, 0) is 80.9 Å². The van der Waals surface area contributed by atoms with Gasteiger partial charge in [0.15, 0.2) is 6.10 Å². The van der Waals surface area contributed by atoms with Crippen LogP contribution in [0.5, 0.6) is 0 Å². The summed E-state index contributed by atoms with van der Waals surface area (Å²) in [4.78, 5) is 25.1. The summed E-state index contributed by atoms with van der Waals surface area (Å²) < 4.78 is 44.2. The van der Waals surface area contributed by atoms with Crippen molar-refractivity contribution in [1.29, 1.82) is 0 Å². The van der Waals surface area contributed by atoms with Crippen LogP contribution in [0.25, 0.3) is 0 Å². The predicted octanol–water partition coefficient (Wildman–Crippen LogP) is 6.35. The van der Waals surface area contributed by atoms with Gasteiger partial charge in [-0.25, -0.2) is 0 Å². The lowest BCUT2D eigenvalue weighted by molar-refractivity contribution is -0.159. The number of ether oxygens (including phenoxy) is 1. The Kier molecular flexibility index (Phi) is 5.86. The van der Waals surface area contributed by atoms with Gasteiger partial charge in [0.1, 0.15) is 0 Å². The molecule has 0 heterocycles. The number of carbonyl (C=O) groups is 2. The van der Waals surface area contributed by atoms with Crippen LogP contribution in [0.1, 0.15) is 57.4 Å². The van der Waals surface area contributed by atoms with Crippen LogP contribution >= 0.6 is 27.5 Å². The van der Waals surface area contributed by atoms with Crippen LogP contribution in [0.3, 0.4) is 0 Å². The first-order chi connectivity index (χ1) is 14.4. The predicted molar refractivity (Wildman–Crippen MR) is 114 cm³/mol. The van der Waals surface area contributed by atoms with Gasteiger partial charge >= 0.3 is 12.1 Å². The van der Waals surface area contributed by atoms with Crippen LogP contribution < -0.4 is 5.32 Å². The number of rotatable bonds is 5. The molecule has 31 heavy (non-hydrogen) atoms. The highest BCUT2D eigenvalue weighted by atomic mass is 79.9. The van der Waals surface area contributed by atoms with Crippen molar-refractivity contribution >= 4 is 45.1 Å². The molecule has 0 aromatic heterocycles.